The van der Waals surface area contributed by atoms with E-state index in [9.17, 15) is 9.18 Å². The third kappa shape index (κ3) is 3.18. The third-order valence-electron chi connectivity index (χ3n) is 5.11. The summed E-state index contributed by atoms with van der Waals surface area (Å²) in [7, 11) is 0. The Bertz CT molecular complexity index is 1420. The van der Waals surface area contributed by atoms with Crippen LogP contribution in [0, 0.1) is 5.82 Å². The molecule has 30 heavy (non-hydrogen) atoms. The van der Waals surface area contributed by atoms with Gasteiger partial charge in [-0.15, -0.1) is 0 Å². The topological polar surface area (TPSA) is 59.8 Å². The Labute approximate surface area is 171 Å². The van der Waals surface area contributed by atoms with Crippen LogP contribution in [0.4, 0.5) is 10.2 Å². The lowest BCUT2D eigenvalue weighted by Gasteiger charge is -2.12. The molecule has 0 aliphatic heterocycles. The van der Waals surface area contributed by atoms with Crippen molar-refractivity contribution in [2.75, 3.05) is 5.32 Å². The summed E-state index contributed by atoms with van der Waals surface area (Å²) in [5.74, 6) is 0.163. The van der Waals surface area contributed by atoms with Crippen LogP contribution in [0.5, 0.6) is 0 Å². The minimum Gasteiger partial charge on any atom is -0.365 e. The molecular weight excluding hydrogens is 379 g/mol. The molecule has 0 spiro atoms. The molecule has 5 aromatic rings. The first-order valence-corrected chi connectivity index (χ1v) is 9.53. The van der Waals surface area contributed by atoms with E-state index >= 15 is 0 Å². The van der Waals surface area contributed by atoms with E-state index in [1.807, 2.05) is 36.4 Å². The molecule has 3 aromatic heterocycles. The number of rotatable bonds is 4. The molecule has 0 aliphatic carbocycles. The molecule has 5 nitrogen and oxygen atoms in total. The highest BCUT2D eigenvalue weighted by Gasteiger charge is 2.11. The molecule has 3 heterocycles. The van der Waals surface area contributed by atoms with Crippen LogP contribution in [-0.2, 0) is 6.54 Å². The maximum absolute atomic E-state index is 13.3. The van der Waals surface area contributed by atoms with Crippen LogP contribution in [-0.4, -0.2) is 14.5 Å². The van der Waals surface area contributed by atoms with Gasteiger partial charge in [-0.05, 0) is 59.5 Å². The number of benzene rings is 2. The molecular formula is C24H17FN4O. The fourth-order valence-corrected chi connectivity index (χ4v) is 3.61. The van der Waals surface area contributed by atoms with Crippen molar-refractivity contribution in [1.82, 2.24) is 14.5 Å². The second kappa shape index (κ2) is 7.40. The number of halogens is 1. The normalized spacial score (nSPS) is 11.1. The quantitative estimate of drug-likeness (QED) is 0.479. The zero-order chi connectivity index (χ0) is 20.5. The summed E-state index contributed by atoms with van der Waals surface area (Å²) in [4.78, 5) is 22.0. The summed E-state index contributed by atoms with van der Waals surface area (Å²) in [5, 5.41) is 5.64. The number of pyridine rings is 3. The predicted molar refractivity (Wildman–Crippen MR) is 116 cm³/mol. The van der Waals surface area contributed by atoms with Crippen molar-refractivity contribution in [3.8, 4) is 5.69 Å². The van der Waals surface area contributed by atoms with Gasteiger partial charge < -0.3 is 5.32 Å². The summed E-state index contributed by atoms with van der Waals surface area (Å²) in [6.07, 6.45) is 5.15. The maximum Gasteiger partial charge on any atom is 0.266 e. The van der Waals surface area contributed by atoms with Crippen LogP contribution in [0.2, 0.25) is 0 Å². The molecule has 0 fully saturated rings. The number of nitrogens with zero attached hydrogens (tertiary/aromatic N) is 3. The summed E-state index contributed by atoms with van der Waals surface area (Å²) < 4.78 is 14.8. The number of para-hydroxylation sites is 1. The summed E-state index contributed by atoms with van der Waals surface area (Å²) in [5.41, 5.74) is 2.36. The maximum atomic E-state index is 13.3. The molecule has 0 saturated carbocycles. The highest BCUT2D eigenvalue weighted by molar-refractivity contribution is 5.91. The van der Waals surface area contributed by atoms with Crippen molar-refractivity contribution < 1.29 is 4.39 Å². The van der Waals surface area contributed by atoms with Gasteiger partial charge in [0.1, 0.15) is 11.6 Å². The van der Waals surface area contributed by atoms with Gasteiger partial charge in [-0.25, -0.2) is 9.37 Å². The van der Waals surface area contributed by atoms with Crippen molar-refractivity contribution in [2.45, 2.75) is 6.54 Å². The van der Waals surface area contributed by atoms with Crippen molar-refractivity contribution in [2.24, 2.45) is 0 Å². The SMILES string of the molecule is O=c1c2c(NCc3ccnc4ccccc34)nccc2ccn1-c1ccc(F)cc1. The van der Waals surface area contributed by atoms with Crippen molar-refractivity contribution in [3.63, 3.8) is 0 Å². The minimum absolute atomic E-state index is 0.214. The number of aromatic nitrogens is 3. The molecule has 0 aliphatic rings. The van der Waals surface area contributed by atoms with Crippen molar-refractivity contribution in [3.05, 3.63) is 107 Å². The van der Waals surface area contributed by atoms with E-state index in [2.05, 4.69) is 15.3 Å². The van der Waals surface area contributed by atoms with E-state index in [0.717, 1.165) is 21.9 Å². The standard InChI is InChI=1S/C24H17FN4O/c25-18-5-7-19(8-6-18)29-14-11-16-9-13-27-23(22(16)24(29)30)28-15-17-10-12-26-21-4-2-1-3-20(17)21/h1-14H,15H2,(H,27,28). The van der Waals surface area contributed by atoms with Crippen molar-refractivity contribution >= 4 is 27.5 Å². The van der Waals surface area contributed by atoms with Crippen LogP contribution in [0.25, 0.3) is 27.4 Å². The van der Waals surface area contributed by atoms with Gasteiger partial charge in [-0.2, -0.15) is 0 Å². The van der Waals surface area contributed by atoms with Gasteiger partial charge in [0.25, 0.3) is 5.56 Å². The molecule has 0 atom stereocenters. The first kappa shape index (κ1) is 18.0. The highest BCUT2D eigenvalue weighted by atomic mass is 19.1. The van der Waals surface area contributed by atoms with Gasteiger partial charge in [0, 0.05) is 36.2 Å². The van der Waals surface area contributed by atoms with Crippen LogP contribution >= 0.6 is 0 Å². The third-order valence-corrected chi connectivity index (χ3v) is 5.11. The largest absolute Gasteiger partial charge is 0.365 e. The lowest BCUT2D eigenvalue weighted by Crippen LogP contribution is -2.19. The molecule has 6 heteroatoms. The summed E-state index contributed by atoms with van der Waals surface area (Å²) >= 11 is 0. The monoisotopic (exact) mass is 396 g/mol. The van der Waals surface area contributed by atoms with Crippen LogP contribution in [0.15, 0.2) is 90.1 Å². The summed E-state index contributed by atoms with van der Waals surface area (Å²) in [6, 6.07) is 19.4. The fraction of sp³-hybridized carbons (Fsp3) is 0.0417. The second-order valence-corrected chi connectivity index (χ2v) is 6.93. The Hall–Kier alpha value is -4.06. The van der Waals surface area contributed by atoms with E-state index in [1.54, 1.807) is 36.8 Å². The van der Waals surface area contributed by atoms with Crippen LogP contribution in [0.1, 0.15) is 5.56 Å². The van der Waals surface area contributed by atoms with E-state index in [0.29, 0.717) is 23.4 Å². The Kier molecular flexibility index (Phi) is 4.44. The zero-order valence-corrected chi connectivity index (χ0v) is 15.9. The van der Waals surface area contributed by atoms with E-state index in [1.165, 1.54) is 16.7 Å². The zero-order valence-electron chi connectivity index (χ0n) is 15.9. The number of hydrogen-bond acceptors (Lipinski definition) is 4. The lowest BCUT2D eigenvalue weighted by atomic mass is 10.1. The number of hydrogen-bond donors (Lipinski definition) is 1. The van der Waals surface area contributed by atoms with E-state index in [-0.39, 0.29) is 11.4 Å². The molecule has 0 amide bonds. The Morgan fingerprint density at radius 3 is 2.57 bits per heavy atom. The van der Waals surface area contributed by atoms with E-state index in [4.69, 9.17) is 0 Å². The number of anilines is 1. The minimum atomic E-state index is -0.346. The van der Waals surface area contributed by atoms with Crippen LogP contribution < -0.4 is 10.9 Å². The average Bonchev–Trinajstić information content (AvgIpc) is 2.78. The molecule has 1 N–H and O–H groups in total. The molecule has 0 saturated heterocycles. The van der Waals surface area contributed by atoms with Gasteiger partial charge in [0.2, 0.25) is 0 Å². The fourth-order valence-electron chi connectivity index (χ4n) is 3.61. The molecule has 0 bridgehead atoms. The second-order valence-electron chi connectivity index (χ2n) is 6.93. The predicted octanol–water partition coefficient (Wildman–Crippen LogP) is 4.69. The first-order chi connectivity index (χ1) is 14.7. The van der Waals surface area contributed by atoms with Gasteiger partial charge in [-0.3, -0.25) is 14.3 Å². The van der Waals surface area contributed by atoms with Gasteiger partial charge in [-0.1, -0.05) is 18.2 Å². The van der Waals surface area contributed by atoms with Crippen molar-refractivity contribution in [1.29, 1.82) is 0 Å². The first-order valence-electron chi connectivity index (χ1n) is 9.53. The molecule has 0 unspecified atom stereocenters. The highest BCUT2D eigenvalue weighted by Crippen LogP contribution is 2.21. The van der Waals surface area contributed by atoms with E-state index < -0.39 is 0 Å². The Morgan fingerprint density at radius 1 is 0.900 bits per heavy atom. The number of nitrogens with one attached hydrogen (secondary N) is 1. The summed E-state index contributed by atoms with van der Waals surface area (Å²) in [6.45, 7) is 0.500. The molecule has 2 aromatic carbocycles. The lowest BCUT2D eigenvalue weighted by molar-refractivity contribution is 0.627. The Balaban J connectivity index is 1.56. The van der Waals surface area contributed by atoms with Crippen LogP contribution in [0.3, 0.4) is 0 Å². The average molecular weight is 396 g/mol. The van der Waals surface area contributed by atoms with Gasteiger partial charge in [0.15, 0.2) is 0 Å². The molecule has 0 radical (unpaired) electrons. The van der Waals surface area contributed by atoms with Gasteiger partial charge in [0.05, 0.1) is 10.9 Å². The molecule has 146 valence electrons. The van der Waals surface area contributed by atoms with Gasteiger partial charge >= 0.3 is 0 Å². The smallest absolute Gasteiger partial charge is 0.266 e. The molecule has 5 rings (SSSR count). The number of fused-ring (bicyclic) bond motifs is 2. The Morgan fingerprint density at radius 2 is 1.70 bits per heavy atom.